The number of aromatic nitrogens is 1. The van der Waals surface area contributed by atoms with Gasteiger partial charge in [0.05, 0.1) is 11.9 Å². The fourth-order valence-electron chi connectivity index (χ4n) is 2.53. The van der Waals surface area contributed by atoms with Crippen molar-refractivity contribution in [1.82, 2.24) is 4.98 Å². The minimum atomic E-state index is -0.821. The topological polar surface area (TPSA) is 50.2 Å². The Hall–Kier alpha value is -2.68. The Morgan fingerprint density at radius 3 is 2.43 bits per heavy atom. The van der Waals surface area contributed by atoms with Crippen LogP contribution in [0.15, 0.2) is 66.7 Å². The van der Waals surface area contributed by atoms with Crippen LogP contribution >= 0.6 is 0 Å². The van der Waals surface area contributed by atoms with Crippen LogP contribution in [0, 0.1) is 0 Å². The summed E-state index contributed by atoms with van der Waals surface area (Å²) in [6.45, 7) is 0. The summed E-state index contributed by atoms with van der Waals surface area (Å²) in [6, 6.07) is 21.4. The van der Waals surface area contributed by atoms with Gasteiger partial charge in [-0.2, -0.15) is 0 Å². The maximum absolute atomic E-state index is 11.2. The van der Waals surface area contributed by atoms with Crippen LogP contribution < -0.4 is 0 Å². The van der Waals surface area contributed by atoms with Crippen molar-refractivity contribution >= 4 is 16.9 Å². The SMILES string of the molecule is O=C(O)CC(c1ccccc1)c1ccc2ccccc2n1. The van der Waals surface area contributed by atoms with E-state index in [4.69, 9.17) is 0 Å². The van der Waals surface area contributed by atoms with Gasteiger partial charge >= 0.3 is 5.97 Å². The molecular formula is C18H15NO2. The number of carboxylic acid groups (broad SMARTS) is 1. The molecule has 1 N–H and O–H groups in total. The Labute approximate surface area is 122 Å². The summed E-state index contributed by atoms with van der Waals surface area (Å²) in [4.78, 5) is 15.8. The first-order valence-corrected chi connectivity index (χ1v) is 6.86. The van der Waals surface area contributed by atoms with E-state index in [1.807, 2.05) is 66.7 Å². The summed E-state index contributed by atoms with van der Waals surface area (Å²) in [7, 11) is 0. The van der Waals surface area contributed by atoms with Crippen LogP contribution in [0.4, 0.5) is 0 Å². The average molecular weight is 277 g/mol. The summed E-state index contributed by atoms with van der Waals surface area (Å²) in [5, 5.41) is 10.3. The van der Waals surface area contributed by atoms with Gasteiger partial charge in [0.2, 0.25) is 0 Å². The van der Waals surface area contributed by atoms with Crippen molar-refractivity contribution in [2.45, 2.75) is 12.3 Å². The van der Waals surface area contributed by atoms with E-state index in [1.54, 1.807) is 0 Å². The minimum Gasteiger partial charge on any atom is -0.481 e. The first kappa shape index (κ1) is 13.3. The zero-order valence-corrected chi connectivity index (χ0v) is 11.4. The lowest BCUT2D eigenvalue weighted by molar-refractivity contribution is -0.137. The zero-order chi connectivity index (χ0) is 14.7. The predicted molar refractivity (Wildman–Crippen MR) is 82.3 cm³/mol. The van der Waals surface area contributed by atoms with E-state index in [9.17, 15) is 9.90 Å². The van der Waals surface area contributed by atoms with Gasteiger partial charge in [0.25, 0.3) is 0 Å². The Kier molecular flexibility index (Phi) is 3.65. The number of carbonyl (C=O) groups is 1. The summed E-state index contributed by atoms with van der Waals surface area (Å²) in [5.41, 5.74) is 2.66. The highest BCUT2D eigenvalue weighted by Gasteiger charge is 2.19. The van der Waals surface area contributed by atoms with Crippen LogP contribution in [0.25, 0.3) is 10.9 Å². The molecule has 1 unspecified atom stereocenters. The molecule has 3 aromatic rings. The lowest BCUT2D eigenvalue weighted by atomic mass is 9.92. The summed E-state index contributed by atoms with van der Waals surface area (Å²) in [6.07, 6.45) is 0.0371. The fourth-order valence-corrected chi connectivity index (χ4v) is 2.53. The number of carboxylic acids is 1. The van der Waals surface area contributed by atoms with Crippen LogP contribution in [0.1, 0.15) is 23.6 Å². The molecule has 0 radical (unpaired) electrons. The summed E-state index contributed by atoms with van der Waals surface area (Å²) < 4.78 is 0. The number of hydrogen-bond acceptors (Lipinski definition) is 2. The molecule has 0 aliphatic carbocycles. The Balaban J connectivity index is 2.07. The number of aliphatic carboxylic acids is 1. The number of para-hydroxylation sites is 1. The molecule has 1 heterocycles. The van der Waals surface area contributed by atoms with E-state index < -0.39 is 5.97 Å². The molecule has 104 valence electrons. The zero-order valence-electron chi connectivity index (χ0n) is 11.4. The third-order valence-electron chi connectivity index (χ3n) is 3.56. The Morgan fingerprint density at radius 1 is 0.952 bits per heavy atom. The molecule has 3 heteroatoms. The van der Waals surface area contributed by atoms with Gasteiger partial charge in [-0.05, 0) is 17.7 Å². The van der Waals surface area contributed by atoms with Crippen molar-refractivity contribution in [3.63, 3.8) is 0 Å². The lowest BCUT2D eigenvalue weighted by Crippen LogP contribution is -2.09. The van der Waals surface area contributed by atoms with Crippen molar-refractivity contribution in [3.05, 3.63) is 78.0 Å². The smallest absolute Gasteiger partial charge is 0.304 e. The third kappa shape index (κ3) is 2.92. The highest BCUT2D eigenvalue weighted by Crippen LogP contribution is 2.28. The second-order valence-electron chi connectivity index (χ2n) is 4.99. The molecule has 3 nitrogen and oxygen atoms in total. The average Bonchev–Trinajstić information content (AvgIpc) is 2.53. The highest BCUT2D eigenvalue weighted by molar-refractivity contribution is 5.78. The predicted octanol–water partition coefficient (Wildman–Crippen LogP) is 3.84. The first-order chi connectivity index (χ1) is 10.2. The maximum atomic E-state index is 11.2. The van der Waals surface area contributed by atoms with Gasteiger partial charge in [0, 0.05) is 17.0 Å². The maximum Gasteiger partial charge on any atom is 0.304 e. The molecule has 0 aliphatic rings. The van der Waals surface area contributed by atoms with E-state index in [2.05, 4.69) is 4.98 Å². The van der Waals surface area contributed by atoms with Gasteiger partial charge in [-0.15, -0.1) is 0 Å². The van der Waals surface area contributed by atoms with E-state index in [0.29, 0.717) is 0 Å². The van der Waals surface area contributed by atoms with Gasteiger partial charge in [-0.25, -0.2) is 0 Å². The van der Waals surface area contributed by atoms with E-state index >= 15 is 0 Å². The minimum absolute atomic E-state index is 0.0371. The van der Waals surface area contributed by atoms with Crippen molar-refractivity contribution in [2.24, 2.45) is 0 Å². The molecule has 2 aromatic carbocycles. The Morgan fingerprint density at radius 2 is 1.67 bits per heavy atom. The molecule has 0 spiro atoms. The Bertz CT molecular complexity index is 768. The largest absolute Gasteiger partial charge is 0.481 e. The quantitative estimate of drug-likeness (QED) is 0.788. The number of nitrogens with zero attached hydrogens (tertiary/aromatic N) is 1. The summed E-state index contributed by atoms with van der Waals surface area (Å²) >= 11 is 0. The van der Waals surface area contributed by atoms with Crippen LogP contribution in [-0.2, 0) is 4.79 Å². The molecule has 3 rings (SSSR count). The lowest BCUT2D eigenvalue weighted by Gasteiger charge is -2.15. The van der Waals surface area contributed by atoms with Gasteiger partial charge < -0.3 is 5.11 Å². The normalized spacial score (nSPS) is 12.2. The van der Waals surface area contributed by atoms with Gasteiger partial charge in [0.1, 0.15) is 0 Å². The monoisotopic (exact) mass is 277 g/mol. The highest BCUT2D eigenvalue weighted by atomic mass is 16.4. The fraction of sp³-hybridized carbons (Fsp3) is 0.111. The van der Waals surface area contributed by atoms with Crippen LogP contribution in [0.3, 0.4) is 0 Å². The second kappa shape index (κ2) is 5.75. The summed E-state index contributed by atoms with van der Waals surface area (Å²) in [5.74, 6) is -1.05. The van der Waals surface area contributed by atoms with Gasteiger partial charge in [-0.1, -0.05) is 54.6 Å². The number of fused-ring (bicyclic) bond motifs is 1. The van der Waals surface area contributed by atoms with Gasteiger partial charge in [0.15, 0.2) is 0 Å². The number of benzene rings is 2. The van der Waals surface area contributed by atoms with Crippen LogP contribution in [0.2, 0.25) is 0 Å². The van der Waals surface area contributed by atoms with Gasteiger partial charge in [-0.3, -0.25) is 9.78 Å². The molecule has 21 heavy (non-hydrogen) atoms. The molecular weight excluding hydrogens is 262 g/mol. The molecule has 0 bridgehead atoms. The molecule has 1 atom stereocenters. The van der Waals surface area contributed by atoms with Crippen LogP contribution in [0.5, 0.6) is 0 Å². The molecule has 0 fully saturated rings. The van der Waals surface area contributed by atoms with Crippen molar-refractivity contribution in [1.29, 1.82) is 0 Å². The molecule has 0 amide bonds. The second-order valence-corrected chi connectivity index (χ2v) is 4.99. The molecule has 0 aliphatic heterocycles. The molecule has 1 aromatic heterocycles. The van der Waals surface area contributed by atoms with Crippen molar-refractivity contribution in [3.8, 4) is 0 Å². The van der Waals surface area contributed by atoms with E-state index in [-0.39, 0.29) is 12.3 Å². The van der Waals surface area contributed by atoms with Crippen molar-refractivity contribution < 1.29 is 9.90 Å². The third-order valence-corrected chi connectivity index (χ3v) is 3.56. The number of pyridine rings is 1. The molecule has 0 saturated carbocycles. The number of rotatable bonds is 4. The standard InChI is InChI=1S/C18H15NO2/c20-18(21)12-15(13-6-2-1-3-7-13)17-11-10-14-8-4-5-9-16(14)19-17/h1-11,15H,12H2,(H,20,21). The van der Waals surface area contributed by atoms with Crippen molar-refractivity contribution in [2.75, 3.05) is 0 Å². The first-order valence-electron chi connectivity index (χ1n) is 6.86. The van der Waals surface area contributed by atoms with E-state index in [0.717, 1.165) is 22.2 Å². The van der Waals surface area contributed by atoms with E-state index in [1.165, 1.54) is 0 Å². The number of hydrogen-bond donors (Lipinski definition) is 1. The van der Waals surface area contributed by atoms with Crippen LogP contribution in [-0.4, -0.2) is 16.1 Å². The molecule has 0 saturated heterocycles.